The second-order valence-corrected chi connectivity index (χ2v) is 17.9. The Hall–Kier alpha value is -5.86. The van der Waals surface area contributed by atoms with Gasteiger partial charge < -0.3 is 9.32 Å². The van der Waals surface area contributed by atoms with E-state index in [0.717, 1.165) is 55.7 Å². The van der Waals surface area contributed by atoms with Gasteiger partial charge in [-0.1, -0.05) is 152 Å². The number of hydrogen-bond donors (Lipinski definition) is 0. The van der Waals surface area contributed by atoms with Crippen LogP contribution in [0.5, 0.6) is 0 Å². The largest absolute Gasteiger partial charge is 0.455 e. The predicted octanol–water partition coefficient (Wildman–Crippen LogP) is 14.9. The normalized spacial score (nSPS) is 14.8. The first-order valence-electron chi connectivity index (χ1n) is 19.7. The van der Waals surface area contributed by atoms with Crippen molar-refractivity contribution in [1.82, 2.24) is 0 Å². The van der Waals surface area contributed by atoms with E-state index in [0.29, 0.717) is 0 Å². The van der Waals surface area contributed by atoms with Crippen molar-refractivity contribution in [3.05, 3.63) is 173 Å². The van der Waals surface area contributed by atoms with Crippen molar-refractivity contribution in [2.75, 3.05) is 4.90 Å². The Morgan fingerprint density at radius 3 is 1.75 bits per heavy atom. The maximum absolute atomic E-state index is 6.58. The van der Waals surface area contributed by atoms with Gasteiger partial charge in [0.1, 0.15) is 11.2 Å². The van der Waals surface area contributed by atoms with E-state index < -0.39 is 0 Å². The van der Waals surface area contributed by atoms with Crippen LogP contribution in [0.25, 0.3) is 55.3 Å². The Morgan fingerprint density at radius 2 is 1.02 bits per heavy atom. The third-order valence-corrected chi connectivity index (χ3v) is 12.7. The highest BCUT2D eigenvalue weighted by atomic mass is 16.3. The molecule has 0 unspecified atom stereocenters. The van der Waals surface area contributed by atoms with Gasteiger partial charge in [0.25, 0.3) is 0 Å². The van der Waals surface area contributed by atoms with Crippen molar-refractivity contribution in [3.8, 4) is 33.4 Å². The van der Waals surface area contributed by atoms with Crippen molar-refractivity contribution in [3.63, 3.8) is 0 Å². The fraction of sp³-hybridized carbons (Fsp3) is 0.208. The lowest BCUT2D eigenvalue weighted by atomic mass is 9.79. The van der Waals surface area contributed by atoms with Crippen LogP contribution in [0.4, 0.5) is 17.1 Å². The highest BCUT2D eigenvalue weighted by Gasteiger charge is 2.39. The van der Waals surface area contributed by atoms with Gasteiger partial charge in [-0.3, -0.25) is 0 Å². The summed E-state index contributed by atoms with van der Waals surface area (Å²) in [6, 6.07) is 52.0. The van der Waals surface area contributed by atoms with Crippen molar-refractivity contribution in [2.24, 2.45) is 0 Å². The summed E-state index contributed by atoms with van der Waals surface area (Å²) in [5.41, 5.74) is 20.9. The molecule has 0 amide bonds. The van der Waals surface area contributed by atoms with Crippen LogP contribution in [0.1, 0.15) is 81.8 Å². The molecule has 0 aliphatic heterocycles. The van der Waals surface area contributed by atoms with Gasteiger partial charge in [-0.2, -0.15) is 0 Å². The number of para-hydroxylation sites is 2. The number of furan rings is 1. The van der Waals surface area contributed by atoms with E-state index >= 15 is 0 Å². The SMILES string of the molecule is Cc1cccc2c1oc1c(-c3ccc(N(c4ccc5c(c4)C(C)(C)c4ccccc4-5)c4ccc5c(c4)C(C)(C)c4cccc(C(C)(C)C)c4-5)cc3)cccc12. The van der Waals surface area contributed by atoms with Gasteiger partial charge in [0.05, 0.1) is 0 Å². The van der Waals surface area contributed by atoms with Crippen LogP contribution in [0, 0.1) is 6.92 Å². The highest BCUT2D eigenvalue weighted by Crippen LogP contribution is 2.55. The molecular weight excluding hydrogens is 667 g/mol. The van der Waals surface area contributed by atoms with Gasteiger partial charge in [0.15, 0.2) is 0 Å². The zero-order valence-corrected chi connectivity index (χ0v) is 33.1. The second kappa shape index (κ2) is 11.6. The number of anilines is 3. The molecule has 0 fully saturated rings. The van der Waals surface area contributed by atoms with Gasteiger partial charge >= 0.3 is 0 Å². The minimum Gasteiger partial charge on any atom is -0.455 e. The molecule has 2 nitrogen and oxygen atoms in total. The summed E-state index contributed by atoms with van der Waals surface area (Å²) in [6.45, 7) is 18.6. The summed E-state index contributed by atoms with van der Waals surface area (Å²) in [4.78, 5) is 2.46. The second-order valence-electron chi connectivity index (χ2n) is 17.9. The zero-order valence-electron chi connectivity index (χ0n) is 33.1. The summed E-state index contributed by atoms with van der Waals surface area (Å²) >= 11 is 0. The molecule has 0 saturated carbocycles. The van der Waals surface area contributed by atoms with Crippen LogP contribution in [0.15, 0.2) is 144 Å². The monoisotopic (exact) mass is 713 g/mol. The average Bonchev–Trinajstić information content (AvgIpc) is 3.76. The number of aryl methyl sites for hydroxylation is 1. The Kier molecular flexibility index (Phi) is 7.09. The Bertz CT molecular complexity index is 2860. The molecule has 0 radical (unpaired) electrons. The quantitative estimate of drug-likeness (QED) is 0.181. The lowest BCUT2D eigenvalue weighted by Crippen LogP contribution is -2.18. The number of benzene rings is 7. The molecule has 0 bridgehead atoms. The van der Waals surface area contributed by atoms with Gasteiger partial charge in [0, 0.05) is 44.2 Å². The zero-order chi connectivity index (χ0) is 38.0. The van der Waals surface area contributed by atoms with Crippen LogP contribution in [0.3, 0.4) is 0 Å². The molecule has 55 heavy (non-hydrogen) atoms. The molecule has 8 aromatic rings. The van der Waals surface area contributed by atoms with E-state index in [1.807, 2.05) is 0 Å². The topological polar surface area (TPSA) is 16.4 Å². The van der Waals surface area contributed by atoms with E-state index in [-0.39, 0.29) is 16.2 Å². The van der Waals surface area contributed by atoms with E-state index in [4.69, 9.17) is 4.42 Å². The third-order valence-electron chi connectivity index (χ3n) is 12.7. The molecule has 10 rings (SSSR count). The molecule has 7 aromatic carbocycles. The molecule has 0 N–H and O–H groups in total. The lowest BCUT2D eigenvalue weighted by Gasteiger charge is -2.30. The smallest absolute Gasteiger partial charge is 0.143 e. The van der Waals surface area contributed by atoms with Crippen molar-refractivity contribution < 1.29 is 4.42 Å². The van der Waals surface area contributed by atoms with Gasteiger partial charge in [-0.05, 0) is 110 Å². The number of rotatable bonds is 4. The minimum atomic E-state index is -0.136. The van der Waals surface area contributed by atoms with E-state index in [9.17, 15) is 0 Å². The molecule has 0 spiro atoms. The first-order valence-corrected chi connectivity index (χ1v) is 19.7. The average molecular weight is 714 g/mol. The molecule has 1 heterocycles. The molecule has 2 aliphatic rings. The Balaban J connectivity index is 1.14. The van der Waals surface area contributed by atoms with Crippen molar-refractivity contribution >= 4 is 39.0 Å². The minimum absolute atomic E-state index is 0.0375. The standard InChI is InChI=1S/C53H47NO/c1-32-14-11-17-40-41-18-12-16-37(50(41)55-49(32)40)33-22-24-34(25-23-33)54(35-26-28-39-38-15-9-10-19-43(38)52(5,6)46(39)30-35)36-27-29-42-47(31-36)53(7,8)45-21-13-20-44(48(42)45)51(2,3)4/h9-31H,1-8H3. The van der Waals surface area contributed by atoms with E-state index in [1.165, 1.54) is 50.1 Å². The molecular formula is C53H47NO. The fourth-order valence-electron chi connectivity index (χ4n) is 9.80. The summed E-state index contributed by atoms with van der Waals surface area (Å²) < 4.78 is 6.58. The van der Waals surface area contributed by atoms with Crippen molar-refractivity contribution in [1.29, 1.82) is 0 Å². The number of nitrogens with zero attached hydrogens (tertiary/aromatic N) is 1. The maximum Gasteiger partial charge on any atom is 0.143 e. The predicted molar refractivity (Wildman–Crippen MR) is 232 cm³/mol. The fourth-order valence-corrected chi connectivity index (χ4v) is 9.80. The van der Waals surface area contributed by atoms with Gasteiger partial charge in [-0.15, -0.1) is 0 Å². The van der Waals surface area contributed by atoms with Crippen LogP contribution in [-0.4, -0.2) is 0 Å². The molecule has 2 heteroatoms. The number of fused-ring (bicyclic) bond motifs is 9. The summed E-state index contributed by atoms with van der Waals surface area (Å²) in [7, 11) is 0. The summed E-state index contributed by atoms with van der Waals surface area (Å²) in [6.07, 6.45) is 0. The third kappa shape index (κ3) is 4.87. The van der Waals surface area contributed by atoms with Crippen molar-refractivity contribution in [2.45, 2.75) is 71.6 Å². The Labute approximate surface area is 325 Å². The highest BCUT2D eigenvalue weighted by molar-refractivity contribution is 6.10. The first kappa shape index (κ1) is 33.7. The molecule has 2 aliphatic carbocycles. The Morgan fingerprint density at radius 1 is 0.473 bits per heavy atom. The van der Waals surface area contributed by atoms with E-state index in [1.54, 1.807) is 0 Å². The van der Waals surface area contributed by atoms with Crippen LogP contribution in [-0.2, 0) is 16.2 Å². The molecule has 270 valence electrons. The molecule has 1 aromatic heterocycles. The number of hydrogen-bond acceptors (Lipinski definition) is 2. The summed E-state index contributed by atoms with van der Waals surface area (Å²) in [5, 5.41) is 2.32. The maximum atomic E-state index is 6.58. The van der Waals surface area contributed by atoms with E-state index in [2.05, 4.69) is 200 Å². The van der Waals surface area contributed by atoms with Crippen LogP contribution >= 0.6 is 0 Å². The van der Waals surface area contributed by atoms with Gasteiger partial charge in [0.2, 0.25) is 0 Å². The van der Waals surface area contributed by atoms with Gasteiger partial charge in [-0.25, -0.2) is 0 Å². The van der Waals surface area contributed by atoms with Crippen LogP contribution in [0.2, 0.25) is 0 Å². The molecule has 0 atom stereocenters. The van der Waals surface area contributed by atoms with Crippen LogP contribution < -0.4 is 4.90 Å². The lowest BCUT2D eigenvalue weighted by molar-refractivity contribution is 0.589. The molecule has 0 saturated heterocycles. The summed E-state index contributed by atoms with van der Waals surface area (Å²) in [5.74, 6) is 0. The first-order chi connectivity index (χ1) is 26.3.